The molecule has 0 spiro atoms. The van der Waals surface area contributed by atoms with Crippen molar-refractivity contribution in [3.63, 3.8) is 0 Å². The van der Waals surface area contributed by atoms with Crippen LogP contribution in [0.2, 0.25) is 0 Å². The van der Waals surface area contributed by atoms with Crippen LogP contribution < -0.4 is 10.1 Å². The van der Waals surface area contributed by atoms with Crippen molar-refractivity contribution in [1.29, 1.82) is 0 Å². The van der Waals surface area contributed by atoms with E-state index in [4.69, 9.17) is 9.26 Å². The lowest BCUT2D eigenvalue weighted by Crippen LogP contribution is -2.38. The van der Waals surface area contributed by atoms with Gasteiger partial charge in [0.2, 0.25) is 5.88 Å². The van der Waals surface area contributed by atoms with Gasteiger partial charge in [-0.15, -0.1) is 0 Å². The first-order chi connectivity index (χ1) is 12.4. The van der Waals surface area contributed by atoms with Gasteiger partial charge in [-0.05, 0) is 39.7 Å². The average molecular weight is 361 g/mol. The van der Waals surface area contributed by atoms with Crippen molar-refractivity contribution in [3.05, 3.63) is 40.9 Å². The van der Waals surface area contributed by atoms with Crippen LogP contribution in [0.25, 0.3) is 0 Å². The van der Waals surface area contributed by atoms with Crippen LogP contribution in [0.4, 0.5) is 0 Å². The molecule has 0 radical (unpaired) electrons. The summed E-state index contributed by atoms with van der Waals surface area (Å²) in [5.41, 5.74) is 2.44. The van der Waals surface area contributed by atoms with E-state index in [1.165, 1.54) is 0 Å². The SMILES string of the molecule is Cc1cccc(OCC2(CNCc3c(C)noc3C)C[C@@H](O)[C@@H](O)C2)n1. The molecule has 1 fully saturated rings. The molecule has 1 aliphatic carbocycles. The van der Waals surface area contributed by atoms with Crippen LogP contribution in [0.5, 0.6) is 5.88 Å². The van der Waals surface area contributed by atoms with E-state index in [9.17, 15) is 10.2 Å². The van der Waals surface area contributed by atoms with E-state index in [0.717, 1.165) is 22.7 Å². The third-order valence-electron chi connectivity index (χ3n) is 5.10. The number of nitrogens with one attached hydrogen (secondary N) is 1. The van der Waals surface area contributed by atoms with Gasteiger partial charge in [-0.2, -0.15) is 0 Å². The zero-order chi connectivity index (χ0) is 18.7. The monoisotopic (exact) mass is 361 g/mol. The number of aryl methyl sites for hydroxylation is 3. The Morgan fingerprint density at radius 2 is 1.96 bits per heavy atom. The fourth-order valence-electron chi connectivity index (χ4n) is 3.59. The van der Waals surface area contributed by atoms with Gasteiger partial charge < -0.3 is 24.8 Å². The molecule has 3 rings (SSSR count). The van der Waals surface area contributed by atoms with Crippen LogP contribution in [0.15, 0.2) is 22.7 Å². The number of aliphatic hydroxyl groups is 2. The molecule has 7 heteroatoms. The van der Waals surface area contributed by atoms with Gasteiger partial charge in [0.25, 0.3) is 0 Å². The smallest absolute Gasteiger partial charge is 0.213 e. The fourth-order valence-corrected chi connectivity index (χ4v) is 3.59. The number of nitrogens with zero attached hydrogens (tertiary/aromatic N) is 2. The minimum absolute atomic E-state index is 0.358. The number of ether oxygens (including phenoxy) is 1. The van der Waals surface area contributed by atoms with Gasteiger partial charge in [-0.25, -0.2) is 4.98 Å². The van der Waals surface area contributed by atoms with Crippen LogP contribution in [0.3, 0.4) is 0 Å². The predicted octanol–water partition coefficient (Wildman–Crippen LogP) is 1.67. The zero-order valence-corrected chi connectivity index (χ0v) is 15.5. The predicted molar refractivity (Wildman–Crippen MR) is 95.8 cm³/mol. The number of rotatable bonds is 7. The molecule has 2 aromatic heterocycles. The maximum Gasteiger partial charge on any atom is 0.213 e. The van der Waals surface area contributed by atoms with Crippen molar-refractivity contribution in [2.24, 2.45) is 5.41 Å². The molecule has 2 aromatic rings. The van der Waals surface area contributed by atoms with Gasteiger partial charge in [-0.3, -0.25) is 0 Å². The molecule has 0 aromatic carbocycles. The molecule has 142 valence electrons. The molecule has 0 bridgehead atoms. The second-order valence-corrected chi connectivity index (χ2v) is 7.36. The van der Waals surface area contributed by atoms with Crippen molar-refractivity contribution in [2.75, 3.05) is 13.2 Å². The standard InChI is InChI=1S/C19H27N3O4/c1-12-5-4-6-18(21-12)25-11-19(7-16(23)17(24)8-19)10-20-9-15-13(2)22-26-14(15)3/h4-6,16-17,20,23-24H,7-11H2,1-3H3/t16-,17+,19?. The highest BCUT2D eigenvalue weighted by atomic mass is 16.5. The van der Waals surface area contributed by atoms with Gasteiger partial charge in [0.05, 0.1) is 24.5 Å². The minimum Gasteiger partial charge on any atom is -0.477 e. The van der Waals surface area contributed by atoms with Gasteiger partial charge in [-0.1, -0.05) is 11.2 Å². The Bertz CT molecular complexity index is 717. The summed E-state index contributed by atoms with van der Waals surface area (Å²) in [6.07, 6.45) is -0.502. The van der Waals surface area contributed by atoms with E-state index < -0.39 is 12.2 Å². The van der Waals surface area contributed by atoms with Crippen LogP contribution in [0.1, 0.15) is 35.6 Å². The summed E-state index contributed by atoms with van der Waals surface area (Å²) in [4.78, 5) is 4.36. The third kappa shape index (κ3) is 4.23. The largest absolute Gasteiger partial charge is 0.477 e. The van der Waals surface area contributed by atoms with Gasteiger partial charge in [0.1, 0.15) is 5.76 Å². The molecular weight excluding hydrogens is 334 g/mol. The molecule has 7 nitrogen and oxygen atoms in total. The molecule has 2 heterocycles. The van der Waals surface area contributed by atoms with E-state index in [2.05, 4.69) is 15.5 Å². The summed E-state index contributed by atoms with van der Waals surface area (Å²) in [6, 6.07) is 5.63. The molecule has 0 aliphatic heterocycles. The Balaban J connectivity index is 1.64. The van der Waals surface area contributed by atoms with Crippen LogP contribution in [-0.4, -0.2) is 45.7 Å². The van der Waals surface area contributed by atoms with Crippen LogP contribution >= 0.6 is 0 Å². The highest BCUT2D eigenvalue weighted by Crippen LogP contribution is 2.38. The Morgan fingerprint density at radius 3 is 2.58 bits per heavy atom. The first kappa shape index (κ1) is 18.8. The second-order valence-electron chi connectivity index (χ2n) is 7.36. The Kier molecular flexibility index (Phi) is 5.60. The van der Waals surface area contributed by atoms with Crippen molar-refractivity contribution in [2.45, 2.75) is 52.4 Å². The average Bonchev–Trinajstić information content (AvgIpc) is 3.06. The van der Waals surface area contributed by atoms with E-state index in [0.29, 0.717) is 38.4 Å². The Labute approximate surface area is 153 Å². The summed E-state index contributed by atoms with van der Waals surface area (Å²) < 4.78 is 11.1. The Hall–Kier alpha value is -1.96. The number of hydrogen-bond acceptors (Lipinski definition) is 7. The lowest BCUT2D eigenvalue weighted by molar-refractivity contribution is 0.0438. The molecular formula is C19H27N3O4. The zero-order valence-electron chi connectivity index (χ0n) is 15.5. The minimum atomic E-state index is -0.732. The van der Waals surface area contributed by atoms with E-state index in [1.807, 2.05) is 39.0 Å². The van der Waals surface area contributed by atoms with Crippen molar-refractivity contribution in [3.8, 4) is 5.88 Å². The third-order valence-corrected chi connectivity index (χ3v) is 5.10. The van der Waals surface area contributed by atoms with E-state index >= 15 is 0 Å². The number of aromatic nitrogens is 2. The topological polar surface area (TPSA) is 101 Å². The second kappa shape index (κ2) is 7.73. The molecule has 0 amide bonds. The number of pyridine rings is 1. The van der Waals surface area contributed by atoms with Gasteiger partial charge in [0, 0.05) is 35.8 Å². The summed E-state index contributed by atoms with van der Waals surface area (Å²) in [5, 5.41) is 27.5. The first-order valence-corrected chi connectivity index (χ1v) is 8.94. The van der Waals surface area contributed by atoms with E-state index in [1.54, 1.807) is 0 Å². The molecule has 3 N–H and O–H groups in total. The molecule has 3 atom stereocenters. The van der Waals surface area contributed by atoms with Crippen molar-refractivity contribution in [1.82, 2.24) is 15.5 Å². The Morgan fingerprint density at radius 1 is 1.23 bits per heavy atom. The van der Waals surface area contributed by atoms with Crippen molar-refractivity contribution < 1.29 is 19.5 Å². The highest BCUT2D eigenvalue weighted by molar-refractivity contribution is 5.20. The summed E-state index contributed by atoms with van der Waals surface area (Å²) in [7, 11) is 0. The molecule has 1 saturated carbocycles. The highest BCUT2D eigenvalue weighted by Gasteiger charge is 2.44. The number of hydrogen-bond donors (Lipinski definition) is 3. The maximum absolute atomic E-state index is 10.1. The molecule has 1 aliphatic rings. The summed E-state index contributed by atoms with van der Waals surface area (Å²) in [5.74, 6) is 1.36. The van der Waals surface area contributed by atoms with Gasteiger partial charge in [0.15, 0.2) is 0 Å². The first-order valence-electron chi connectivity index (χ1n) is 8.94. The molecule has 0 saturated heterocycles. The summed E-state index contributed by atoms with van der Waals surface area (Å²) >= 11 is 0. The lowest BCUT2D eigenvalue weighted by atomic mass is 9.86. The van der Waals surface area contributed by atoms with Crippen molar-refractivity contribution >= 4 is 0 Å². The lowest BCUT2D eigenvalue weighted by Gasteiger charge is -2.29. The van der Waals surface area contributed by atoms with Crippen LogP contribution in [0, 0.1) is 26.2 Å². The summed E-state index contributed by atoms with van der Waals surface area (Å²) in [6.45, 7) is 7.33. The van der Waals surface area contributed by atoms with E-state index in [-0.39, 0.29) is 5.41 Å². The maximum atomic E-state index is 10.1. The molecule has 1 unspecified atom stereocenters. The van der Waals surface area contributed by atoms with Gasteiger partial charge >= 0.3 is 0 Å². The number of aliphatic hydroxyl groups excluding tert-OH is 2. The fraction of sp³-hybridized carbons (Fsp3) is 0.579. The quantitative estimate of drug-likeness (QED) is 0.689. The molecule has 26 heavy (non-hydrogen) atoms. The van der Waals surface area contributed by atoms with Crippen LogP contribution in [-0.2, 0) is 6.54 Å². The normalized spacial score (nSPS) is 25.6.